The SMILES string of the molecule is CCCN(CC(=O)O)Cc1nc(-c2cccc([N+](=O)[O-])c2)no1. The first-order valence-corrected chi connectivity index (χ1v) is 7.01. The van der Waals surface area contributed by atoms with Crippen LogP contribution in [-0.2, 0) is 11.3 Å². The minimum absolute atomic E-state index is 0.0627. The van der Waals surface area contributed by atoms with Crippen LogP contribution in [0.1, 0.15) is 19.2 Å². The van der Waals surface area contributed by atoms with E-state index in [2.05, 4.69) is 10.1 Å². The van der Waals surface area contributed by atoms with Crippen LogP contribution in [-0.4, -0.2) is 44.1 Å². The summed E-state index contributed by atoms with van der Waals surface area (Å²) in [6, 6.07) is 5.91. The van der Waals surface area contributed by atoms with E-state index in [4.69, 9.17) is 9.63 Å². The Morgan fingerprint density at radius 1 is 1.48 bits per heavy atom. The molecule has 0 aliphatic carbocycles. The number of aliphatic carboxylic acids is 1. The second-order valence-electron chi connectivity index (χ2n) is 4.92. The molecule has 0 unspecified atom stereocenters. The van der Waals surface area contributed by atoms with Gasteiger partial charge in [0.05, 0.1) is 18.0 Å². The van der Waals surface area contributed by atoms with Crippen LogP contribution in [0, 0.1) is 10.1 Å². The van der Waals surface area contributed by atoms with Crippen LogP contribution in [0.2, 0.25) is 0 Å². The van der Waals surface area contributed by atoms with Crippen LogP contribution < -0.4 is 0 Å². The van der Waals surface area contributed by atoms with Crippen molar-refractivity contribution in [3.05, 3.63) is 40.3 Å². The van der Waals surface area contributed by atoms with E-state index in [1.807, 2.05) is 6.92 Å². The number of hydrogen-bond acceptors (Lipinski definition) is 7. The predicted molar refractivity (Wildman–Crippen MR) is 79.6 cm³/mol. The summed E-state index contributed by atoms with van der Waals surface area (Å²) >= 11 is 0. The molecule has 0 fully saturated rings. The fraction of sp³-hybridized carbons (Fsp3) is 0.357. The first kappa shape index (κ1) is 16.6. The Bertz CT molecular complexity index is 700. The molecule has 1 aromatic heterocycles. The zero-order valence-electron chi connectivity index (χ0n) is 12.5. The number of nitro benzene ring substituents is 1. The Morgan fingerprint density at radius 2 is 2.26 bits per heavy atom. The molecule has 0 saturated heterocycles. The highest BCUT2D eigenvalue weighted by Crippen LogP contribution is 2.21. The Kier molecular flexibility index (Phi) is 5.36. The van der Waals surface area contributed by atoms with Gasteiger partial charge in [-0.25, -0.2) is 0 Å². The zero-order chi connectivity index (χ0) is 16.8. The number of benzene rings is 1. The molecule has 9 nitrogen and oxygen atoms in total. The summed E-state index contributed by atoms with van der Waals surface area (Å²) in [5.41, 5.74) is 0.404. The lowest BCUT2D eigenvalue weighted by atomic mass is 10.2. The molecule has 1 heterocycles. The molecule has 23 heavy (non-hydrogen) atoms. The Morgan fingerprint density at radius 3 is 2.91 bits per heavy atom. The fourth-order valence-electron chi connectivity index (χ4n) is 2.11. The molecule has 0 radical (unpaired) electrons. The van der Waals surface area contributed by atoms with Crippen molar-refractivity contribution in [2.45, 2.75) is 19.9 Å². The molecule has 0 aliphatic heterocycles. The maximum atomic E-state index is 10.8. The molecule has 122 valence electrons. The van der Waals surface area contributed by atoms with Gasteiger partial charge in [-0.05, 0) is 13.0 Å². The van der Waals surface area contributed by atoms with Crippen LogP contribution in [0.3, 0.4) is 0 Å². The molecular weight excluding hydrogens is 304 g/mol. The van der Waals surface area contributed by atoms with Gasteiger partial charge in [-0.1, -0.05) is 24.2 Å². The van der Waals surface area contributed by atoms with Crippen molar-refractivity contribution >= 4 is 11.7 Å². The molecule has 0 spiro atoms. The third-order valence-corrected chi connectivity index (χ3v) is 3.04. The number of non-ortho nitro benzene ring substituents is 1. The third kappa shape index (κ3) is 4.58. The number of carboxylic acids is 1. The van der Waals surface area contributed by atoms with Crippen LogP contribution in [0.25, 0.3) is 11.4 Å². The predicted octanol–water partition coefficient (Wildman–Crippen LogP) is 1.94. The Balaban J connectivity index is 2.15. The summed E-state index contributed by atoms with van der Waals surface area (Å²) in [5.74, 6) is -0.437. The van der Waals surface area contributed by atoms with E-state index in [9.17, 15) is 14.9 Å². The van der Waals surface area contributed by atoms with Crippen molar-refractivity contribution in [2.75, 3.05) is 13.1 Å². The lowest BCUT2D eigenvalue weighted by Gasteiger charge is -2.16. The van der Waals surface area contributed by atoms with Crippen molar-refractivity contribution in [1.82, 2.24) is 15.0 Å². The fourth-order valence-corrected chi connectivity index (χ4v) is 2.11. The van der Waals surface area contributed by atoms with Crippen LogP contribution in [0.15, 0.2) is 28.8 Å². The van der Waals surface area contributed by atoms with Crippen molar-refractivity contribution in [3.63, 3.8) is 0 Å². The van der Waals surface area contributed by atoms with Gasteiger partial charge < -0.3 is 9.63 Å². The van der Waals surface area contributed by atoms with E-state index in [0.29, 0.717) is 12.1 Å². The van der Waals surface area contributed by atoms with Gasteiger partial charge in [0.25, 0.3) is 5.69 Å². The van der Waals surface area contributed by atoms with E-state index in [0.717, 1.165) is 6.42 Å². The van der Waals surface area contributed by atoms with E-state index >= 15 is 0 Å². The number of carbonyl (C=O) groups is 1. The van der Waals surface area contributed by atoms with E-state index in [-0.39, 0.29) is 30.5 Å². The number of hydrogen-bond donors (Lipinski definition) is 1. The lowest BCUT2D eigenvalue weighted by molar-refractivity contribution is -0.384. The van der Waals surface area contributed by atoms with Crippen molar-refractivity contribution in [3.8, 4) is 11.4 Å². The van der Waals surface area contributed by atoms with Gasteiger partial charge in [0.2, 0.25) is 11.7 Å². The lowest BCUT2D eigenvalue weighted by Crippen LogP contribution is -2.30. The highest BCUT2D eigenvalue weighted by atomic mass is 16.6. The monoisotopic (exact) mass is 320 g/mol. The van der Waals surface area contributed by atoms with Gasteiger partial charge in [-0.3, -0.25) is 19.8 Å². The largest absolute Gasteiger partial charge is 0.480 e. The molecular formula is C14H16N4O5. The maximum absolute atomic E-state index is 10.8. The highest BCUT2D eigenvalue weighted by molar-refractivity contribution is 5.69. The van der Waals surface area contributed by atoms with Gasteiger partial charge in [-0.2, -0.15) is 4.98 Å². The second-order valence-corrected chi connectivity index (χ2v) is 4.92. The normalized spacial score (nSPS) is 10.9. The van der Waals surface area contributed by atoms with Crippen molar-refractivity contribution in [1.29, 1.82) is 0 Å². The molecule has 0 aliphatic rings. The van der Waals surface area contributed by atoms with Crippen molar-refractivity contribution in [2.24, 2.45) is 0 Å². The molecule has 0 atom stereocenters. The number of carboxylic acid groups (broad SMARTS) is 1. The standard InChI is InChI=1S/C14H16N4O5/c1-2-6-17(9-13(19)20)8-12-15-14(16-23-12)10-4-3-5-11(7-10)18(21)22/h3-5,7H,2,6,8-9H2,1H3,(H,19,20). The summed E-state index contributed by atoms with van der Waals surface area (Å²) < 4.78 is 5.11. The van der Waals surface area contributed by atoms with Gasteiger partial charge in [0, 0.05) is 17.7 Å². The average molecular weight is 320 g/mol. The van der Waals surface area contributed by atoms with Gasteiger partial charge in [-0.15, -0.1) is 0 Å². The van der Waals surface area contributed by atoms with Crippen LogP contribution in [0.5, 0.6) is 0 Å². The molecule has 2 rings (SSSR count). The summed E-state index contributed by atoms with van der Waals surface area (Å²) in [7, 11) is 0. The molecule has 1 N–H and O–H groups in total. The van der Waals surface area contributed by atoms with Gasteiger partial charge >= 0.3 is 5.97 Å². The minimum Gasteiger partial charge on any atom is -0.480 e. The highest BCUT2D eigenvalue weighted by Gasteiger charge is 2.16. The number of rotatable bonds is 8. The van der Waals surface area contributed by atoms with E-state index in [1.165, 1.54) is 18.2 Å². The number of nitro groups is 1. The summed E-state index contributed by atoms with van der Waals surface area (Å²) in [4.78, 5) is 27.0. The Labute approximate surface area is 131 Å². The summed E-state index contributed by atoms with van der Waals surface area (Å²) in [5, 5.41) is 23.5. The number of aromatic nitrogens is 2. The third-order valence-electron chi connectivity index (χ3n) is 3.04. The molecule has 9 heteroatoms. The summed E-state index contributed by atoms with van der Waals surface area (Å²) in [6.07, 6.45) is 0.791. The summed E-state index contributed by atoms with van der Waals surface area (Å²) in [6.45, 7) is 2.61. The molecule has 0 saturated carbocycles. The molecule has 1 aromatic carbocycles. The average Bonchev–Trinajstić information content (AvgIpc) is 2.95. The quantitative estimate of drug-likeness (QED) is 0.578. The van der Waals surface area contributed by atoms with Gasteiger partial charge in [0.15, 0.2) is 0 Å². The first-order valence-electron chi connectivity index (χ1n) is 7.01. The second kappa shape index (κ2) is 7.45. The molecule has 2 aromatic rings. The maximum Gasteiger partial charge on any atom is 0.317 e. The molecule has 0 bridgehead atoms. The molecule has 0 amide bonds. The minimum atomic E-state index is -0.933. The van der Waals surface area contributed by atoms with Crippen LogP contribution >= 0.6 is 0 Å². The van der Waals surface area contributed by atoms with Crippen LogP contribution in [0.4, 0.5) is 5.69 Å². The zero-order valence-corrected chi connectivity index (χ0v) is 12.5. The Hall–Kier alpha value is -2.81. The van der Waals surface area contributed by atoms with Crippen molar-refractivity contribution < 1.29 is 19.3 Å². The number of nitrogens with zero attached hydrogens (tertiary/aromatic N) is 4. The smallest absolute Gasteiger partial charge is 0.317 e. The first-order chi connectivity index (χ1) is 11.0. The topological polar surface area (TPSA) is 123 Å². The van der Waals surface area contributed by atoms with E-state index < -0.39 is 10.9 Å². The van der Waals surface area contributed by atoms with Gasteiger partial charge in [0.1, 0.15) is 0 Å². The van der Waals surface area contributed by atoms with E-state index in [1.54, 1.807) is 11.0 Å².